The van der Waals surface area contributed by atoms with Crippen LogP contribution in [0, 0.1) is 6.92 Å². The minimum atomic E-state index is 0.630. The molecule has 0 amide bonds. The first-order valence-corrected chi connectivity index (χ1v) is 7.41. The third kappa shape index (κ3) is 3.18. The van der Waals surface area contributed by atoms with Gasteiger partial charge in [0, 0.05) is 11.1 Å². The van der Waals surface area contributed by atoms with Crippen molar-refractivity contribution in [1.29, 1.82) is 0 Å². The lowest BCUT2D eigenvalue weighted by Crippen LogP contribution is -2.03. The number of thiazole rings is 1. The molecule has 7 heteroatoms. The Morgan fingerprint density at radius 2 is 2.11 bits per heavy atom. The van der Waals surface area contributed by atoms with Gasteiger partial charge in [-0.1, -0.05) is 30.3 Å². The Bertz CT molecular complexity index is 662. The predicted molar refractivity (Wildman–Crippen MR) is 74.3 cm³/mol. The summed E-state index contributed by atoms with van der Waals surface area (Å²) in [6.07, 6.45) is 0. The molecule has 0 atom stereocenters. The van der Waals surface area contributed by atoms with E-state index in [1.807, 2.05) is 42.6 Å². The molecule has 0 spiro atoms. The molecule has 0 bridgehead atoms. The fourth-order valence-corrected chi connectivity index (χ4v) is 3.18. The molecule has 0 unspecified atom stereocenters. The van der Waals surface area contributed by atoms with E-state index in [-0.39, 0.29) is 0 Å². The molecule has 0 radical (unpaired) electrons. The van der Waals surface area contributed by atoms with Gasteiger partial charge in [0.15, 0.2) is 4.34 Å². The van der Waals surface area contributed by atoms with Crippen molar-refractivity contribution in [3.63, 3.8) is 0 Å². The van der Waals surface area contributed by atoms with Crippen LogP contribution in [0.3, 0.4) is 0 Å². The lowest BCUT2D eigenvalue weighted by Gasteiger charge is -1.97. The Labute approximate surface area is 118 Å². The van der Waals surface area contributed by atoms with Gasteiger partial charge in [-0.3, -0.25) is 0 Å². The van der Waals surface area contributed by atoms with Crippen LogP contribution in [0.1, 0.15) is 11.3 Å². The molecule has 0 aliphatic rings. The Morgan fingerprint density at radius 3 is 2.84 bits per heavy atom. The second kappa shape index (κ2) is 5.50. The molecular weight excluding hydrogens is 278 g/mol. The van der Waals surface area contributed by atoms with Gasteiger partial charge in [0.2, 0.25) is 5.16 Å². The van der Waals surface area contributed by atoms with Crippen LogP contribution in [0.4, 0.5) is 0 Å². The zero-order chi connectivity index (χ0) is 13.1. The molecule has 2 heterocycles. The predicted octanol–water partition coefficient (Wildman–Crippen LogP) is 2.64. The van der Waals surface area contributed by atoms with E-state index in [0.29, 0.717) is 11.7 Å². The average molecular weight is 289 g/mol. The number of rotatable bonds is 4. The number of hydrogen-bond acceptors (Lipinski definition) is 6. The number of nitrogens with zero attached hydrogens (tertiary/aromatic N) is 5. The van der Waals surface area contributed by atoms with E-state index in [9.17, 15) is 0 Å². The summed E-state index contributed by atoms with van der Waals surface area (Å²) in [5.74, 6) is 0. The fourth-order valence-electron chi connectivity index (χ4n) is 1.54. The van der Waals surface area contributed by atoms with Gasteiger partial charge in [-0.25, -0.2) is 4.98 Å². The van der Waals surface area contributed by atoms with E-state index in [2.05, 4.69) is 20.4 Å². The first-order chi connectivity index (χ1) is 9.29. The smallest absolute Gasteiger partial charge is 0.235 e. The topological polar surface area (TPSA) is 56.5 Å². The van der Waals surface area contributed by atoms with Crippen molar-refractivity contribution in [2.45, 2.75) is 23.0 Å². The highest BCUT2D eigenvalue weighted by Crippen LogP contribution is 2.26. The van der Waals surface area contributed by atoms with Crippen molar-refractivity contribution < 1.29 is 0 Å². The molecule has 0 aliphatic carbocycles. The first kappa shape index (κ1) is 12.3. The number of aryl methyl sites for hydroxylation is 1. The van der Waals surface area contributed by atoms with Crippen LogP contribution in [0.25, 0.3) is 0 Å². The third-order valence-corrected chi connectivity index (χ3v) is 4.28. The highest BCUT2D eigenvalue weighted by Gasteiger charge is 2.08. The molecule has 0 fully saturated rings. The second-order valence-electron chi connectivity index (χ2n) is 3.94. The van der Waals surface area contributed by atoms with Crippen LogP contribution in [-0.2, 0) is 6.54 Å². The quantitative estimate of drug-likeness (QED) is 0.739. The molecule has 0 aliphatic heterocycles. The summed E-state index contributed by atoms with van der Waals surface area (Å²) in [6.45, 7) is 2.60. The van der Waals surface area contributed by atoms with Gasteiger partial charge < -0.3 is 0 Å². The van der Waals surface area contributed by atoms with Gasteiger partial charge >= 0.3 is 0 Å². The van der Waals surface area contributed by atoms with Gasteiger partial charge in [-0.05, 0) is 29.5 Å². The third-order valence-electron chi connectivity index (χ3n) is 2.38. The monoisotopic (exact) mass is 289 g/mol. The molecule has 2 aromatic heterocycles. The number of benzene rings is 1. The summed E-state index contributed by atoms with van der Waals surface area (Å²) in [5, 5.41) is 15.0. The molecular formula is C12H11N5S2. The van der Waals surface area contributed by atoms with Gasteiger partial charge in [0.25, 0.3) is 0 Å². The molecule has 3 aromatic rings. The van der Waals surface area contributed by atoms with Crippen LogP contribution in [0.15, 0.2) is 45.2 Å². The number of hydrogen-bond donors (Lipinski definition) is 0. The van der Waals surface area contributed by atoms with E-state index in [4.69, 9.17) is 0 Å². The zero-order valence-electron chi connectivity index (χ0n) is 10.2. The summed E-state index contributed by atoms with van der Waals surface area (Å²) in [6, 6.07) is 10.1. The molecule has 0 N–H and O–H groups in total. The maximum absolute atomic E-state index is 4.36. The minimum Gasteiger partial charge on any atom is -0.235 e. The standard InChI is InChI=1S/C12H11N5S2/c1-9-8-18-12(13-9)19-11-14-16-17(15-11)7-10-5-3-2-4-6-10/h2-6,8H,7H2,1H3. The average Bonchev–Trinajstić information content (AvgIpc) is 3.01. The summed E-state index contributed by atoms with van der Waals surface area (Å²) in [7, 11) is 0. The largest absolute Gasteiger partial charge is 0.238 e. The normalized spacial score (nSPS) is 10.8. The van der Waals surface area contributed by atoms with Crippen molar-refractivity contribution in [1.82, 2.24) is 25.2 Å². The van der Waals surface area contributed by atoms with Crippen molar-refractivity contribution in [2.24, 2.45) is 0 Å². The van der Waals surface area contributed by atoms with Crippen LogP contribution < -0.4 is 0 Å². The fraction of sp³-hybridized carbons (Fsp3) is 0.167. The highest BCUT2D eigenvalue weighted by atomic mass is 32.2. The Hall–Kier alpha value is -1.73. The van der Waals surface area contributed by atoms with Crippen LogP contribution in [0.2, 0.25) is 0 Å². The number of tetrazole rings is 1. The Kier molecular flexibility index (Phi) is 3.56. The maximum atomic E-state index is 4.36. The van der Waals surface area contributed by atoms with Gasteiger partial charge in [-0.2, -0.15) is 4.80 Å². The molecule has 96 valence electrons. The molecule has 0 saturated carbocycles. The first-order valence-electron chi connectivity index (χ1n) is 5.71. The van der Waals surface area contributed by atoms with Gasteiger partial charge in [0.1, 0.15) is 0 Å². The molecule has 0 saturated heterocycles. The van der Waals surface area contributed by atoms with Crippen molar-refractivity contribution in [2.75, 3.05) is 0 Å². The van der Waals surface area contributed by atoms with E-state index < -0.39 is 0 Å². The second-order valence-corrected chi connectivity index (χ2v) is 6.02. The van der Waals surface area contributed by atoms with Gasteiger partial charge in [-0.15, -0.1) is 21.5 Å². The molecule has 1 aromatic carbocycles. The molecule has 5 nitrogen and oxygen atoms in total. The number of aromatic nitrogens is 5. The van der Waals surface area contributed by atoms with Crippen molar-refractivity contribution in [3.05, 3.63) is 47.0 Å². The Morgan fingerprint density at radius 1 is 1.26 bits per heavy atom. The highest BCUT2D eigenvalue weighted by molar-refractivity contribution is 8.00. The van der Waals surface area contributed by atoms with Crippen molar-refractivity contribution in [3.8, 4) is 0 Å². The van der Waals surface area contributed by atoms with Gasteiger partial charge in [0.05, 0.1) is 6.54 Å². The van der Waals surface area contributed by atoms with Crippen LogP contribution >= 0.6 is 23.1 Å². The SMILES string of the molecule is Cc1csc(Sc2nnn(Cc3ccccc3)n2)n1. The van der Waals surface area contributed by atoms with E-state index in [1.165, 1.54) is 11.8 Å². The summed E-state index contributed by atoms with van der Waals surface area (Å²) in [5.41, 5.74) is 2.17. The zero-order valence-corrected chi connectivity index (χ0v) is 11.9. The van der Waals surface area contributed by atoms with E-state index in [0.717, 1.165) is 15.6 Å². The Balaban J connectivity index is 1.69. The lowest BCUT2D eigenvalue weighted by atomic mass is 10.2. The van der Waals surface area contributed by atoms with E-state index >= 15 is 0 Å². The summed E-state index contributed by atoms with van der Waals surface area (Å²) in [4.78, 5) is 5.96. The maximum Gasteiger partial charge on any atom is 0.238 e. The van der Waals surface area contributed by atoms with Crippen LogP contribution in [-0.4, -0.2) is 25.2 Å². The van der Waals surface area contributed by atoms with Crippen LogP contribution in [0.5, 0.6) is 0 Å². The minimum absolute atomic E-state index is 0.630. The molecule has 19 heavy (non-hydrogen) atoms. The summed E-state index contributed by atoms with van der Waals surface area (Å²) < 4.78 is 0.941. The van der Waals surface area contributed by atoms with E-state index in [1.54, 1.807) is 16.1 Å². The molecule has 3 rings (SSSR count). The summed E-state index contributed by atoms with van der Waals surface area (Å²) >= 11 is 3.03. The lowest BCUT2D eigenvalue weighted by molar-refractivity contribution is 0.569. The van der Waals surface area contributed by atoms with Crippen molar-refractivity contribution >= 4 is 23.1 Å².